The van der Waals surface area contributed by atoms with Crippen molar-refractivity contribution in [1.29, 1.82) is 0 Å². The average Bonchev–Trinajstić information content (AvgIpc) is 2.75. The Kier molecular flexibility index (Phi) is 7.21. The van der Waals surface area contributed by atoms with Crippen LogP contribution in [0.5, 0.6) is 0 Å². The number of rotatable bonds is 7. The minimum absolute atomic E-state index is 0.204. The fourth-order valence-corrected chi connectivity index (χ4v) is 3.15. The molecule has 1 aromatic heterocycles. The fourth-order valence-electron chi connectivity index (χ4n) is 2.60. The van der Waals surface area contributed by atoms with Crippen molar-refractivity contribution < 1.29 is 14.0 Å². The van der Waals surface area contributed by atoms with Crippen molar-refractivity contribution in [1.82, 2.24) is 10.3 Å². The average molecular weight is 430 g/mol. The van der Waals surface area contributed by atoms with Gasteiger partial charge in [-0.2, -0.15) is 0 Å². The number of carbonyl (C=O) groups is 2. The molecular weight excluding hydrogens is 413 g/mol. The van der Waals surface area contributed by atoms with Gasteiger partial charge in [-0.1, -0.05) is 6.07 Å². The van der Waals surface area contributed by atoms with Crippen molar-refractivity contribution in [3.63, 3.8) is 0 Å². The van der Waals surface area contributed by atoms with Crippen LogP contribution in [-0.4, -0.2) is 22.8 Å². The molecule has 0 aliphatic rings. The molecule has 148 valence electrons. The van der Waals surface area contributed by atoms with E-state index in [1.54, 1.807) is 42.6 Å². The van der Waals surface area contributed by atoms with Gasteiger partial charge in [-0.25, -0.2) is 4.39 Å². The summed E-state index contributed by atoms with van der Waals surface area (Å²) in [6.07, 6.45) is 1.82. The first-order chi connectivity index (χ1) is 14.0. The largest absolute Gasteiger partial charge is 0.340 e. The molecule has 0 fully saturated rings. The second kappa shape index (κ2) is 10.0. The van der Waals surface area contributed by atoms with E-state index in [4.69, 9.17) is 10.7 Å². The normalized spacial score (nSPS) is 11.5. The van der Waals surface area contributed by atoms with Gasteiger partial charge in [0.05, 0.1) is 0 Å². The summed E-state index contributed by atoms with van der Waals surface area (Å²) in [7, 11) is 6.78. The standard InChI is InChI=1S/C21H17ClFN3O2S/c22-29-18-10-8-16(9-11-18)25-21(28)19(13-17-3-1-2-12-24-17)26-20(27)14-4-6-15(23)7-5-14/h1-12,19H,13H2,(H,25,28)(H,26,27). The van der Waals surface area contributed by atoms with Crippen LogP contribution in [0.15, 0.2) is 77.8 Å². The zero-order valence-corrected chi connectivity index (χ0v) is 16.7. The molecule has 3 aromatic rings. The van der Waals surface area contributed by atoms with Gasteiger partial charge in [0.25, 0.3) is 5.91 Å². The number of hydrogen-bond acceptors (Lipinski definition) is 4. The highest BCUT2D eigenvalue weighted by Crippen LogP contribution is 2.23. The summed E-state index contributed by atoms with van der Waals surface area (Å²) >= 11 is 0. The fraction of sp³-hybridized carbons (Fsp3) is 0.0952. The molecule has 0 saturated heterocycles. The topological polar surface area (TPSA) is 71.1 Å². The number of pyridine rings is 1. The first kappa shape index (κ1) is 20.8. The Hall–Kier alpha value is -2.90. The van der Waals surface area contributed by atoms with Crippen molar-refractivity contribution in [2.75, 3.05) is 5.32 Å². The van der Waals surface area contributed by atoms with E-state index in [-0.39, 0.29) is 12.0 Å². The van der Waals surface area contributed by atoms with E-state index >= 15 is 0 Å². The number of nitrogens with zero attached hydrogens (tertiary/aromatic N) is 1. The Morgan fingerprint density at radius 2 is 1.76 bits per heavy atom. The van der Waals surface area contributed by atoms with E-state index in [1.165, 1.54) is 24.3 Å². The molecule has 0 saturated carbocycles. The van der Waals surface area contributed by atoms with Crippen LogP contribution in [-0.2, 0) is 11.2 Å². The summed E-state index contributed by atoms with van der Waals surface area (Å²) in [5, 5.41) is 5.49. The number of hydrogen-bond donors (Lipinski definition) is 2. The minimum Gasteiger partial charge on any atom is -0.340 e. The Balaban J connectivity index is 1.76. The highest BCUT2D eigenvalue weighted by molar-refractivity contribution is 8.21. The molecule has 2 aromatic carbocycles. The lowest BCUT2D eigenvalue weighted by Gasteiger charge is -2.18. The second-order valence-corrected chi connectivity index (χ2v) is 7.24. The monoisotopic (exact) mass is 429 g/mol. The number of benzene rings is 2. The third-order valence-corrected chi connectivity index (χ3v) is 5.06. The molecule has 2 N–H and O–H groups in total. The molecule has 0 spiro atoms. The van der Waals surface area contributed by atoms with Crippen LogP contribution in [0.25, 0.3) is 0 Å². The zero-order valence-electron chi connectivity index (χ0n) is 15.1. The van der Waals surface area contributed by atoms with Crippen molar-refractivity contribution in [3.8, 4) is 0 Å². The maximum atomic E-state index is 13.1. The summed E-state index contributed by atoms with van der Waals surface area (Å²) < 4.78 is 13.1. The lowest BCUT2D eigenvalue weighted by molar-refractivity contribution is -0.118. The molecule has 3 rings (SSSR count). The molecule has 0 bridgehead atoms. The number of aromatic nitrogens is 1. The van der Waals surface area contributed by atoms with Gasteiger partial charge < -0.3 is 10.6 Å². The van der Waals surface area contributed by atoms with E-state index in [1.807, 2.05) is 6.07 Å². The van der Waals surface area contributed by atoms with E-state index in [9.17, 15) is 14.0 Å². The second-order valence-electron chi connectivity index (χ2n) is 6.15. The third-order valence-electron chi connectivity index (χ3n) is 4.08. The lowest BCUT2D eigenvalue weighted by Crippen LogP contribution is -2.45. The summed E-state index contributed by atoms with van der Waals surface area (Å²) in [4.78, 5) is 30.5. The number of nitrogens with one attached hydrogen (secondary N) is 2. The molecule has 8 heteroatoms. The number of carbonyl (C=O) groups excluding carboxylic acids is 2. The van der Waals surface area contributed by atoms with Crippen LogP contribution < -0.4 is 10.6 Å². The van der Waals surface area contributed by atoms with E-state index < -0.39 is 23.7 Å². The molecule has 29 heavy (non-hydrogen) atoms. The van der Waals surface area contributed by atoms with Gasteiger partial charge in [0, 0.05) is 34.5 Å². The Labute approximate surface area is 176 Å². The predicted molar refractivity (Wildman–Crippen MR) is 112 cm³/mol. The summed E-state index contributed by atoms with van der Waals surface area (Å²) in [6, 6.07) is 16.6. The molecular formula is C21H17ClFN3O2S. The van der Waals surface area contributed by atoms with Crippen LogP contribution in [0.3, 0.4) is 0 Å². The smallest absolute Gasteiger partial charge is 0.251 e. The maximum absolute atomic E-state index is 13.1. The van der Waals surface area contributed by atoms with Crippen LogP contribution in [0.4, 0.5) is 10.1 Å². The first-order valence-electron chi connectivity index (χ1n) is 8.71. The molecule has 1 heterocycles. The van der Waals surface area contributed by atoms with Crippen molar-refractivity contribution in [2.45, 2.75) is 17.4 Å². The van der Waals surface area contributed by atoms with Crippen molar-refractivity contribution in [2.24, 2.45) is 0 Å². The quantitative estimate of drug-likeness (QED) is 0.582. The summed E-state index contributed by atoms with van der Waals surface area (Å²) in [5.74, 6) is -1.31. The lowest BCUT2D eigenvalue weighted by atomic mass is 10.1. The number of amides is 2. The SMILES string of the molecule is O=C(NC(Cc1ccccn1)C(=O)Nc1ccc(SCl)cc1)c1ccc(F)cc1. The Morgan fingerprint density at radius 1 is 1.03 bits per heavy atom. The molecule has 1 unspecified atom stereocenters. The molecule has 2 amide bonds. The van der Waals surface area contributed by atoms with Gasteiger partial charge in [0.15, 0.2) is 0 Å². The van der Waals surface area contributed by atoms with Gasteiger partial charge >= 0.3 is 0 Å². The van der Waals surface area contributed by atoms with Crippen molar-refractivity contribution in [3.05, 3.63) is 90.0 Å². The molecule has 0 aliphatic heterocycles. The molecule has 0 aliphatic carbocycles. The van der Waals surface area contributed by atoms with Crippen LogP contribution >= 0.6 is 21.7 Å². The maximum Gasteiger partial charge on any atom is 0.251 e. The number of halogens is 2. The molecule has 1 atom stereocenters. The third kappa shape index (κ3) is 6.04. The Bertz CT molecular complexity index is 969. The predicted octanol–water partition coefficient (Wildman–Crippen LogP) is 4.45. The van der Waals surface area contributed by atoms with Gasteiger partial charge in [-0.15, -0.1) is 0 Å². The van der Waals surface area contributed by atoms with Crippen LogP contribution in [0.2, 0.25) is 0 Å². The Morgan fingerprint density at radius 3 is 2.38 bits per heavy atom. The van der Waals surface area contributed by atoms with Crippen LogP contribution in [0, 0.1) is 5.82 Å². The van der Waals surface area contributed by atoms with E-state index in [0.717, 1.165) is 15.9 Å². The molecule has 5 nitrogen and oxygen atoms in total. The van der Waals surface area contributed by atoms with Gasteiger partial charge in [0.1, 0.15) is 11.9 Å². The summed E-state index contributed by atoms with van der Waals surface area (Å²) in [6.45, 7) is 0. The minimum atomic E-state index is -0.871. The van der Waals surface area contributed by atoms with E-state index in [2.05, 4.69) is 15.6 Å². The summed E-state index contributed by atoms with van der Waals surface area (Å²) in [5.41, 5.74) is 1.49. The van der Waals surface area contributed by atoms with Gasteiger partial charge in [0.2, 0.25) is 5.91 Å². The highest BCUT2D eigenvalue weighted by atomic mass is 35.7. The van der Waals surface area contributed by atoms with Crippen molar-refractivity contribution >= 4 is 39.2 Å². The van der Waals surface area contributed by atoms with Crippen LogP contribution in [0.1, 0.15) is 16.1 Å². The van der Waals surface area contributed by atoms with Gasteiger partial charge in [-0.05, 0) is 82.3 Å². The van der Waals surface area contributed by atoms with Gasteiger partial charge in [-0.3, -0.25) is 14.6 Å². The zero-order chi connectivity index (χ0) is 20.6. The number of anilines is 1. The first-order valence-corrected chi connectivity index (χ1v) is 10.4. The highest BCUT2D eigenvalue weighted by Gasteiger charge is 2.22. The van der Waals surface area contributed by atoms with E-state index in [0.29, 0.717) is 11.4 Å². The molecule has 0 radical (unpaired) electrons.